The summed E-state index contributed by atoms with van der Waals surface area (Å²) in [6, 6.07) is 11.4. The van der Waals surface area contributed by atoms with Gasteiger partial charge < -0.3 is 5.32 Å². The van der Waals surface area contributed by atoms with Crippen LogP contribution in [0.5, 0.6) is 0 Å². The van der Waals surface area contributed by atoms with E-state index in [9.17, 15) is 4.79 Å². The average Bonchev–Trinajstić information content (AvgIpc) is 3.29. The van der Waals surface area contributed by atoms with Crippen molar-refractivity contribution >= 4 is 28.3 Å². The van der Waals surface area contributed by atoms with Crippen LogP contribution in [-0.2, 0) is 17.8 Å². The van der Waals surface area contributed by atoms with Crippen molar-refractivity contribution in [3.63, 3.8) is 0 Å². The highest BCUT2D eigenvalue weighted by atomic mass is 32.1. The van der Waals surface area contributed by atoms with Crippen LogP contribution in [0.4, 0.5) is 0 Å². The van der Waals surface area contributed by atoms with Gasteiger partial charge in [-0.1, -0.05) is 12.1 Å². The molecule has 4 aromatic rings. The number of carbonyl (C=O) groups excluding carboxylic acids is 1. The van der Waals surface area contributed by atoms with E-state index in [1.165, 1.54) is 4.80 Å². The van der Waals surface area contributed by atoms with Gasteiger partial charge in [0.15, 0.2) is 0 Å². The van der Waals surface area contributed by atoms with Crippen LogP contribution in [0.25, 0.3) is 21.6 Å². The molecule has 1 N–H and O–H groups in total. The predicted molar refractivity (Wildman–Crippen MR) is 99.6 cm³/mol. The summed E-state index contributed by atoms with van der Waals surface area (Å²) in [5.41, 5.74) is 3.58. The molecule has 7 nitrogen and oxygen atoms in total. The van der Waals surface area contributed by atoms with E-state index in [2.05, 4.69) is 25.5 Å². The third-order valence-electron chi connectivity index (χ3n) is 3.80. The number of benzene rings is 1. The van der Waals surface area contributed by atoms with Crippen molar-refractivity contribution in [1.29, 1.82) is 0 Å². The molecule has 0 aliphatic rings. The number of nitrogens with zero attached hydrogens (tertiary/aromatic N) is 5. The molecule has 0 aliphatic heterocycles. The summed E-state index contributed by atoms with van der Waals surface area (Å²) in [5, 5.41) is 14.4. The van der Waals surface area contributed by atoms with Crippen molar-refractivity contribution in [1.82, 2.24) is 30.3 Å². The van der Waals surface area contributed by atoms with Crippen LogP contribution in [0.1, 0.15) is 5.69 Å². The monoisotopic (exact) mass is 364 g/mol. The quantitative estimate of drug-likeness (QED) is 0.567. The Hall–Kier alpha value is -3.13. The molecule has 26 heavy (non-hydrogen) atoms. The summed E-state index contributed by atoms with van der Waals surface area (Å²) in [4.78, 5) is 22.1. The Morgan fingerprint density at radius 3 is 2.54 bits per heavy atom. The Bertz CT molecular complexity index is 993. The summed E-state index contributed by atoms with van der Waals surface area (Å²) >= 11 is 1.59. The lowest BCUT2D eigenvalue weighted by Crippen LogP contribution is -2.30. The van der Waals surface area contributed by atoms with Gasteiger partial charge >= 0.3 is 0 Å². The molecule has 0 fully saturated rings. The molecule has 8 heteroatoms. The largest absolute Gasteiger partial charge is 0.354 e. The van der Waals surface area contributed by atoms with E-state index < -0.39 is 0 Å². The standard InChI is InChI=1S/C18H16N6OS/c25-17(11-24-22-15-3-1-2-4-16(15)23-24)20-10-7-14-12-26-18(21-14)13-5-8-19-9-6-13/h1-6,8-9,12H,7,10-11H2,(H,20,25). The van der Waals surface area contributed by atoms with Gasteiger partial charge in [0, 0.05) is 36.3 Å². The maximum Gasteiger partial charge on any atom is 0.243 e. The van der Waals surface area contributed by atoms with E-state index in [0.717, 1.165) is 27.3 Å². The molecule has 3 aromatic heterocycles. The second-order valence-electron chi connectivity index (χ2n) is 5.70. The van der Waals surface area contributed by atoms with Crippen molar-refractivity contribution in [3.05, 3.63) is 59.9 Å². The van der Waals surface area contributed by atoms with Gasteiger partial charge in [-0.25, -0.2) is 4.98 Å². The normalized spacial score (nSPS) is 10.9. The third-order valence-corrected chi connectivity index (χ3v) is 4.74. The number of thiazole rings is 1. The lowest BCUT2D eigenvalue weighted by molar-refractivity contribution is -0.122. The van der Waals surface area contributed by atoms with E-state index in [-0.39, 0.29) is 12.5 Å². The van der Waals surface area contributed by atoms with Crippen LogP contribution >= 0.6 is 11.3 Å². The molecule has 130 valence electrons. The van der Waals surface area contributed by atoms with Gasteiger partial charge in [0.1, 0.15) is 22.6 Å². The molecule has 0 aliphatic carbocycles. The average molecular weight is 364 g/mol. The smallest absolute Gasteiger partial charge is 0.243 e. The first-order valence-electron chi connectivity index (χ1n) is 8.19. The minimum absolute atomic E-state index is 0.105. The molecule has 0 saturated carbocycles. The zero-order valence-electron chi connectivity index (χ0n) is 13.9. The number of amides is 1. The van der Waals surface area contributed by atoms with Crippen LogP contribution in [0, 0.1) is 0 Å². The lowest BCUT2D eigenvalue weighted by Gasteiger charge is -2.03. The molecule has 0 saturated heterocycles. The predicted octanol–water partition coefficient (Wildman–Crippen LogP) is 2.31. The second kappa shape index (κ2) is 7.40. The molecule has 0 spiro atoms. The van der Waals surface area contributed by atoms with Gasteiger partial charge in [-0.05, 0) is 24.3 Å². The van der Waals surface area contributed by atoms with Crippen molar-refractivity contribution < 1.29 is 4.79 Å². The molecule has 4 rings (SSSR count). The van der Waals surface area contributed by atoms with E-state index in [0.29, 0.717) is 13.0 Å². The molecule has 0 unspecified atom stereocenters. The highest BCUT2D eigenvalue weighted by Gasteiger charge is 2.08. The van der Waals surface area contributed by atoms with Gasteiger partial charge in [-0.3, -0.25) is 9.78 Å². The number of pyridine rings is 1. The number of hydrogen-bond acceptors (Lipinski definition) is 6. The Morgan fingerprint density at radius 1 is 1.08 bits per heavy atom. The Labute approximate surface area is 153 Å². The lowest BCUT2D eigenvalue weighted by atomic mass is 10.3. The summed E-state index contributed by atoms with van der Waals surface area (Å²) < 4.78 is 0. The van der Waals surface area contributed by atoms with Crippen LogP contribution in [-0.4, -0.2) is 37.4 Å². The summed E-state index contributed by atoms with van der Waals surface area (Å²) in [6.07, 6.45) is 4.19. The minimum Gasteiger partial charge on any atom is -0.354 e. The Kier molecular flexibility index (Phi) is 4.65. The maximum atomic E-state index is 12.1. The van der Waals surface area contributed by atoms with Gasteiger partial charge in [-0.2, -0.15) is 15.0 Å². The summed E-state index contributed by atoms with van der Waals surface area (Å²) in [6.45, 7) is 0.632. The van der Waals surface area contributed by atoms with Crippen LogP contribution in [0.15, 0.2) is 54.2 Å². The first kappa shape index (κ1) is 16.3. The van der Waals surface area contributed by atoms with E-state index in [1.54, 1.807) is 23.7 Å². The minimum atomic E-state index is -0.116. The Morgan fingerprint density at radius 2 is 1.81 bits per heavy atom. The summed E-state index contributed by atoms with van der Waals surface area (Å²) in [5.74, 6) is -0.116. The number of aromatic nitrogens is 5. The zero-order chi connectivity index (χ0) is 17.8. The van der Waals surface area contributed by atoms with Crippen molar-refractivity contribution in [2.24, 2.45) is 0 Å². The molecular formula is C18H16N6OS. The van der Waals surface area contributed by atoms with E-state index in [1.807, 2.05) is 41.8 Å². The second-order valence-corrected chi connectivity index (χ2v) is 6.56. The van der Waals surface area contributed by atoms with Gasteiger partial charge in [0.25, 0.3) is 0 Å². The van der Waals surface area contributed by atoms with Gasteiger partial charge in [-0.15, -0.1) is 11.3 Å². The topological polar surface area (TPSA) is 85.6 Å². The maximum absolute atomic E-state index is 12.1. The number of rotatable bonds is 6. The first-order chi connectivity index (χ1) is 12.8. The highest BCUT2D eigenvalue weighted by molar-refractivity contribution is 7.13. The fourth-order valence-electron chi connectivity index (χ4n) is 2.54. The van der Waals surface area contributed by atoms with E-state index in [4.69, 9.17) is 0 Å². The molecule has 0 radical (unpaired) electrons. The SMILES string of the molecule is O=C(Cn1nc2ccccc2n1)NCCc1csc(-c2ccncc2)n1. The van der Waals surface area contributed by atoms with Crippen LogP contribution in [0.3, 0.4) is 0 Å². The molecule has 3 heterocycles. The molecular weight excluding hydrogens is 348 g/mol. The van der Waals surface area contributed by atoms with Crippen molar-refractivity contribution in [3.8, 4) is 10.6 Å². The van der Waals surface area contributed by atoms with Gasteiger partial charge in [0.2, 0.25) is 5.91 Å². The van der Waals surface area contributed by atoms with Crippen molar-refractivity contribution in [2.75, 3.05) is 6.54 Å². The summed E-state index contributed by atoms with van der Waals surface area (Å²) in [7, 11) is 0. The molecule has 1 amide bonds. The fraction of sp³-hybridized carbons (Fsp3) is 0.167. The molecule has 1 aromatic carbocycles. The Balaban J connectivity index is 1.29. The zero-order valence-corrected chi connectivity index (χ0v) is 14.7. The number of carbonyl (C=O) groups is 1. The van der Waals surface area contributed by atoms with Crippen LogP contribution < -0.4 is 5.32 Å². The fourth-order valence-corrected chi connectivity index (χ4v) is 3.40. The molecule has 0 atom stereocenters. The highest BCUT2D eigenvalue weighted by Crippen LogP contribution is 2.22. The first-order valence-corrected chi connectivity index (χ1v) is 9.07. The number of hydrogen-bond donors (Lipinski definition) is 1. The number of fused-ring (bicyclic) bond motifs is 1. The third kappa shape index (κ3) is 3.75. The number of nitrogens with one attached hydrogen (secondary N) is 1. The van der Waals surface area contributed by atoms with E-state index >= 15 is 0 Å². The van der Waals surface area contributed by atoms with Crippen LogP contribution in [0.2, 0.25) is 0 Å². The van der Waals surface area contributed by atoms with Gasteiger partial charge in [0.05, 0.1) is 5.69 Å². The van der Waals surface area contributed by atoms with Crippen molar-refractivity contribution in [2.45, 2.75) is 13.0 Å². The molecule has 0 bridgehead atoms.